The van der Waals surface area contributed by atoms with Crippen molar-refractivity contribution in [1.29, 1.82) is 0 Å². The lowest BCUT2D eigenvalue weighted by molar-refractivity contribution is -0.151. The van der Waals surface area contributed by atoms with Gasteiger partial charge in [0.15, 0.2) is 6.10 Å². The van der Waals surface area contributed by atoms with Gasteiger partial charge in [0.2, 0.25) is 0 Å². The van der Waals surface area contributed by atoms with E-state index in [1.807, 2.05) is 0 Å². The normalized spacial score (nSPS) is 12.4. The van der Waals surface area contributed by atoms with Crippen LogP contribution in [0.4, 0.5) is 4.39 Å². The van der Waals surface area contributed by atoms with Crippen molar-refractivity contribution in [2.75, 3.05) is 13.2 Å². The minimum atomic E-state index is -1.42. The Kier molecular flexibility index (Phi) is 5.34. The summed E-state index contributed by atoms with van der Waals surface area (Å²) in [6.07, 6.45) is -1.13. The predicted octanol–water partition coefficient (Wildman–Crippen LogP) is 2.00. The summed E-state index contributed by atoms with van der Waals surface area (Å²) in [6, 6.07) is 3.63. The summed E-state index contributed by atoms with van der Waals surface area (Å²) in [5.41, 5.74) is -0.122. The SMILES string of the molecule is O=C(O)C(OCCCO)c1cc(Cl)ccc1F. The molecular formula is C11H12ClFO4. The van der Waals surface area contributed by atoms with E-state index in [0.29, 0.717) is 0 Å². The Bertz CT molecular complexity index is 397. The largest absolute Gasteiger partial charge is 0.479 e. The number of aliphatic hydroxyl groups excluding tert-OH is 1. The average molecular weight is 263 g/mol. The second-order valence-electron chi connectivity index (χ2n) is 3.33. The van der Waals surface area contributed by atoms with E-state index in [2.05, 4.69) is 0 Å². The number of carboxylic acid groups (broad SMARTS) is 1. The van der Waals surface area contributed by atoms with Gasteiger partial charge >= 0.3 is 5.97 Å². The molecule has 0 bridgehead atoms. The van der Waals surface area contributed by atoms with Crippen LogP contribution >= 0.6 is 11.6 Å². The Balaban J connectivity index is 2.89. The van der Waals surface area contributed by atoms with E-state index in [0.717, 1.165) is 6.07 Å². The summed E-state index contributed by atoms with van der Waals surface area (Å²) in [5.74, 6) is -1.99. The first-order valence-electron chi connectivity index (χ1n) is 4.96. The molecule has 4 nitrogen and oxygen atoms in total. The van der Waals surface area contributed by atoms with Crippen molar-refractivity contribution < 1.29 is 24.1 Å². The van der Waals surface area contributed by atoms with Gasteiger partial charge in [0, 0.05) is 17.2 Å². The van der Waals surface area contributed by atoms with Gasteiger partial charge in [-0.15, -0.1) is 0 Å². The molecule has 1 unspecified atom stereocenters. The molecular weight excluding hydrogens is 251 g/mol. The zero-order chi connectivity index (χ0) is 12.8. The van der Waals surface area contributed by atoms with Crippen LogP contribution in [0.2, 0.25) is 5.02 Å². The molecule has 17 heavy (non-hydrogen) atoms. The zero-order valence-corrected chi connectivity index (χ0v) is 9.65. The van der Waals surface area contributed by atoms with Crippen molar-refractivity contribution >= 4 is 17.6 Å². The Labute approximate surface area is 103 Å². The van der Waals surface area contributed by atoms with Crippen molar-refractivity contribution in [1.82, 2.24) is 0 Å². The summed E-state index contributed by atoms with van der Waals surface area (Å²) in [6.45, 7) is -0.0935. The van der Waals surface area contributed by atoms with Crippen molar-refractivity contribution in [3.8, 4) is 0 Å². The minimum absolute atomic E-state index is 0.0272. The summed E-state index contributed by atoms with van der Waals surface area (Å²) in [5, 5.41) is 17.7. The maximum atomic E-state index is 13.4. The Morgan fingerprint density at radius 1 is 1.53 bits per heavy atom. The first kappa shape index (κ1) is 13.9. The van der Waals surface area contributed by atoms with E-state index in [-0.39, 0.29) is 30.2 Å². The first-order valence-corrected chi connectivity index (χ1v) is 5.34. The van der Waals surface area contributed by atoms with Gasteiger partial charge in [-0.1, -0.05) is 11.6 Å². The molecule has 0 aliphatic heterocycles. The lowest BCUT2D eigenvalue weighted by Crippen LogP contribution is -2.17. The quantitative estimate of drug-likeness (QED) is 0.770. The number of halogens is 2. The van der Waals surface area contributed by atoms with E-state index < -0.39 is 17.9 Å². The van der Waals surface area contributed by atoms with Gasteiger partial charge in [-0.3, -0.25) is 0 Å². The number of carbonyl (C=O) groups is 1. The maximum Gasteiger partial charge on any atom is 0.337 e. The van der Waals surface area contributed by atoms with Gasteiger partial charge in [-0.2, -0.15) is 0 Å². The Hall–Kier alpha value is -1.17. The zero-order valence-electron chi connectivity index (χ0n) is 8.90. The predicted molar refractivity (Wildman–Crippen MR) is 59.4 cm³/mol. The molecule has 0 aliphatic rings. The molecule has 94 valence electrons. The van der Waals surface area contributed by atoms with Crippen molar-refractivity contribution in [3.63, 3.8) is 0 Å². The van der Waals surface area contributed by atoms with Crippen LogP contribution in [0.15, 0.2) is 18.2 Å². The molecule has 0 aromatic heterocycles. The van der Waals surface area contributed by atoms with E-state index in [1.54, 1.807) is 0 Å². The van der Waals surface area contributed by atoms with Gasteiger partial charge in [0.25, 0.3) is 0 Å². The highest BCUT2D eigenvalue weighted by atomic mass is 35.5. The molecule has 0 saturated heterocycles. The van der Waals surface area contributed by atoms with Crippen LogP contribution in [0.25, 0.3) is 0 Å². The first-order chi connectivity index (χ1) is 8.06. The van der Waals surface area contributed by atoms with E-state index in [9.17, 15) is 9.18 Å². The van der Waals surface area contributed by atoms with Gasteiger partial charge in [0.1, 0.15) is 5.82 Å². The summed E-state index contributed by atoms with van der Waals surface area (Å²) >= 11 is 5.67. The molecule has 6 heteroatoms. The van der Waals surface area contributed by atoms with Crippen LogP contribution in [0.3, 0.4) is 0 Å². The molecule has 0 amide bonds. The highest BCUT2D eigenvalue weighted by molar-refractivity contribution is 6.30. The minimum Gasteiger partial charge on any atom is -0.479 e. The second-order valence-corrected chi connectivity index (χ2v) is 3.77. The third-order valence-electron chi connectivity index (χ3n) is 2.05. The monoisotopic (exact) mass is 262 g/mol. The molecule has 1 aromatic rings. The van der Waals surface area contributed by atoms with Crippen LogP contribution in [0, 0.1) is 5.82 Å². The number of aliphatic carboxylic acids is 1. The molecule has 0 heterocycles. The van der Waals surface area contributed by atoms with Crippen molar-refractivity contribution in [3.05, 3.63) is 34.6 Å². The van der Waals surface area contributed by atoms with E-state index in [4.69, 9.17) is 26.6 Å². The van der Waals surface area contributed by atoms with Crippen LogP contribution in [0.5, 0.6) is 0 Å². The molecule has 1 rings (SSSR count). The Morgan fingerprint density at radius 2 is 2.24 bits per heavy atom. The third kappa shape index (κ3) is 3.96. The lowest BCUT2D eigenvalue weighted by Gasteiger charge is -2.14. The van der Waals surface area contributed by atoms with Crippen LogP contribution in [-0.4, -0.2) is 29.4 Å². The van der Waals surface area contributed by atoms with Gasteiger partial charge < -0.3 is 14.9 Å². The van der Waals surface area contributed by atoms with Crippen molar-refractivity contribution in [2.24, 2.45) is 0 Å². The number of benzene rings is 1. The smallest absolute Gasteiger partial charge is 0.337 e. The number of rotatable bonds is 6. The standard InChI is InChI=1S/C11H12ClFO4/c12-7-2-3-9(13)8(6-7)10(11(15)16)17-5-1-4-14/h2-3,6,10,14H,1,4-5H2,(H,15,16). The fraction of sp³-hybridized carbons (Fsp3) is 0.364. The number of aliphatic hydroxyl groups is 1. The van der Waals surface area contributed by atoms with Gasteiger partial charge in [0.05, 0.1) is 6.61 Å². The van der Waals surface area contributed by atoms with E-state index >= 15 is 0 Å². The van der Waals surface area contributed by atoms with Crippen molar-refractivity contribution in [2.45, 2.75) is 12.5 Å². The fourth-order valence-corrected chi connectivity index (χ4v) is 1.46. The van der Waals surface area contributed by atoms with Crippen LogP contribution in [-0.2, 0) is 9.53 Å². The number of carboxylic acids is 1. The number of hydrogen-bond acceptors (Lipinski definition) is 3. The molecule has 1 aromatic carbocycles. The summed E-state index contributed by atoms with van der Waals surface area (Å²) < 4.78 is 18.4. The van der Waals surface area contributed by atoms with E-state index in [1.165, 1.54) is 12.1 Å². The molecule has 0 saturated carbocycles. The molecule has 0 radical (unpaired) electrons. The molecule has 0 fully saturated rings. The molecule has 1 atom stereocenters. The maximum absolute atomic E-state index is 13.4. The number of ether oxygens (including phenoxy) is 1. The van der Waals surface area contributed by atoms with Crippen LogP contribution < -0.4 is 0 Å². The Morgan fingerprint density at radius 3 is 2.82 bits per heavy atom. The molecule has 0 aliphatic carbocycles. The highest BCUT2D eigenvalue weighted by Crippen LogP contribution is 2.24. The second kappa shape index (κ2) is 6.54. The van der Waals surface area contributed by atoms with Gasteiger partial charge in [-0.05, 0) is 24.6 Å². The summed E-state index contributed by atoms with van der Waals surface area (Å²) in [4.78, 5) is 11.0. The topological polar surface area (TPSA) is 66.8 Å². The third-order valence-corrected chi connectivity index (χ3v) is 2.29. The number of hydrogen-bond donors (Lipinski definition) is 2. The molecule has 2 N–H and O–H groups in total. The fourth-order valence-electron chi connectivity index (χ4n) is 1.28. The summed E-state index contributed by atoms with van der Waals surface area (Å²) in [7, 11) is 0. The van der Waals surface area contributed by atoms with Gasteiger partial charge in [-0.25, -0.2) is 9.18 Å². The lowest BCUT2D eigenvalue weighted by atomic mass is 10.1. The van der Waals surface area contributed by atoms with Crippen LogP contribution in [0.1, 0.15) is 18.1 Å². The highest BCUT2D eigenvalue weighted by Gasteiger charge is 2.24. The average Bonchev–Trinajstić information content (AvgIpc) is 2.28. The molecule has 0 spiro atoms.